The maximum atomic E-state index is 12.5. The van der Waals surface area contributed by atoms with E-state index in [-0.39, 0.29) is 35.2 Å². The number of hydrogen-bond acceptors (Lipinski definition) is 8. The fourth-order valence-corrected chi connectivity index (χ4v) is 6.92. The lowest BCUT2D eigenvalue weighted by molar-refractivity contribution is -0.116. The van der Waals surface area contributed by atoms with Crippen LogP contribution in [0.2, 0.25) is 0 Å². The summed E-state index contributed by atoms with van der Waals surface area (Å²) in [6.07, 6.45) is 2.36. The highest BCUT2D eigenvalue weighted by Gasteiger charge is 2.31. The standard InChI is InChI=1S/C20H24N6O5S2/c1-13-18(14(2)26-20(23-13)21-12-22-26)7-8-19(27)24-15-3-5-17(6-4-15)33(30,31)25-16-9-10-32(28,29)11-16/h3-6,12,16,25H,7-11H2,1-2H3,(H,24,27). The van der Waals surface area contributed by atoms with Crippen LogP contribution in [0, 0.1) is 13.8 Å². The number of carbonyl (C=O) groups excluding carboxylic acids is 1. The van der Waals surface area contributed by atoms with Gasteiger partial charge in [0.15, 0.2) is 9.84 Å². The van der Waals surface area contributed by atoms with E-state index in [1.165, 1.54) is 30.6 Å². The fourth-order valence-electron chi connectivity index (χ4n) is 3.87. The molecule has 0 spiro atoms. The van der Waals surface area contributed by atoms with Crippen molar-refractivity contribution in [3.05, 3.63) is 47.5 Å². The second-order valence-electron chi connectivity index (χ2n) is 8.03. The first-order valence-corrected chi connectivity index (χ1v) is 13.6. The smallest absolute Gasteiger partial charge is 0.252 e. The van der Waals surface area contributed by atoms with Gasteiger partial charge in [-0.1, -0.05) is 0 Å². The van der Waals surface area contributed by atoms with Crippen LogP contribution >= 0.6 is 0 Å². The van der Waals surface area contributed by atoms with Crippen molar-refractivity contribution in [2.45, 2.75) is 44.0 Å². The van der Waals surface area contributed by atoms with Crippen molar-refractivity contribution in [3.8, 4) is 0 Å². The molecule has 1 saturated heterocycles. The van der Waals surface area contributed by atoms with Gasteiger partial charge in [0.05, 0.1) is 16.4 Å². The summed E-state index contributed by atoms with van der Waals surface area (Å²) in [7, 11) is -7.05. The van der Waals surface area contributed by atoms with Crippen molar-refractivity contribution in [3.63, 3.8) is 0 Å². The molecule has 1 atom stereocenters. The Morgan fingerprint density at radius 1 is 1.21 bits per heavy atom. The number of sulfone groups is 1. The number of nitrogens with one attached hydrogen (secondary N) is 2. The molecule has 3 heterocycles. The van der Waals surface area contributed by atoms with Gasteiger partial charge in [0.2, 0.25) is 15.9 Å². The zero-order valence-electron chi connectivity index (χ0n) is 18.1. The number of amides is 1. The van der Waals surface area contributed by atoms with E-state index in [0.29, 0.717) is 17.9 Å². The van der Waals surface area contributed by atoms with E-state index in [1.807, 2.05) is 13.8 Å². The normalized spacial score (nSPS) is 17.9. The fraction of sp³-hybridized carbons (Fsp3) is 0.400. The van der Waals surface area contributed by atoms with Crippen LogP contribution in [-0.4, -0.2) is 59.9 Å². The highest BCUT2D eigenvalue weighted by atomic mass is 32.2. The van der Waals surface area contributed by atoms with Crippen molar-refractivity contribution in [1.82, 2.24) is 24.3 Å². The van der Waals surface area contributed by atoms with Crippen LogP contribution < -0.4 is 10.0 Å². The predicted molar refractivity (Wildman–Crippen MR) is 121 cm³/mol. The first-order valence-electron chi connectivity index (χ1n) is 10.3. The molecule has 0 radical (unpaired) electrons. The van der Waals surface area contributed by atoms with Crippen molar-refractivity contribution in [1.29, 1.82) is 0 Å². The Balaban J connectivity index is 1.36. The Labute approximate surface area is 191 Å². The molecule has 3 aromatic rings. The second-order valence-corrected chi connectivity index (χ2v) is 12.0. The Bertz CT molecular complexity index is 1420. The van der Waals surface area contributed by atoms with E-state index in [2.05, 4.69) is 25.1 Å². The molecule has 0 bridgehead atoms. The number of benzene rings is 1. The first-order chi connectivity index (χ1) is 15.5. The van der Waals surface area contributed by atoms with E-state index in [1.54, 1.807) is 4.52 Å². The molecule has 1 aromatic carbocycles. The Hall–Kier alpha value is -2.90. The van der Waals surface area contributed by atoms with Gasteiger partial charge in [0.1, 0.15) is 6.33 Å². The largest absolute Gasteiger partial charge is 0.326 e. The molecule has 0 aliphatic carbocycles. The monoisotopic (exact) mass is 492 g/mol. The van der Waals surface area contributed by atoms with Crippen molar-refractivity contribution >= 4 is 37.2 Å². The van der Waals surface area contributed by atoms with Crippen molar-refractivity contribution in [2.75, 3.05) is 16.8 Å². The second kappa shape index (κ2) is 8.80. The van der Waals surface area contributed by atoms with Crippen LogP contribution in [-0.2, 0) is 31.1 Å². The zero-order chi connectivity index (χ0) is 23.8. The van der Waals surface area contributed by atoms with Crippen LogP contribution in [0.25, 0.3) is 5.78 Å². The van der Waals surface area contributed by atoms with E-state index in [0.717, 1.165) is 17.0 Å². The minimum atomic E-state index is -3.86. The van der Waals surface area contributed by atoms with Gasteiger partial charge in [-0.15, -0.1) is 0 Å². The third kappa shape index (κ3) is 5.20. The lowest BCUT2D eigenvalue weighted by Gasteiger charge is -2.12. The Morgan fingerprint density at radius 3 is 2.61 bits per heavy atom. The zero-order valence-corrected chi connectivity index (χ0v) is 19.8. The summed E-state index contributed by atoms with van der Waals surface area (Å²) in [6.45, 7) is 3.76. The molecule has 11 nitrogen and oxygen atoms in total. The van der Waals surface area contributed by atoms with Gasteiger partial charge in [-0.3, -0.25) is 4.79 Å². The quantitative estimate of drug-likeness (QED) is 0.491. The molecule has 33 heavy (non-hydrogen) atoms. The summed E-state index contributed by atoms with van der Waals surface area (Å²) in [5.41, 5.74) is 3.04. The molecule has 2 N–H and O–H groups in total. The third-order valence-electron chi connectivity index (χ3n) is 5.59. The van der Waals surface area contributed by atoms with E-state index >= 15 is 0 Å². The molecule has 1 amide bonds. The minimum Gasteiger partial charge on any atom is -0.326 e. The topological polar surface area (TPSA) is 152 Å². The van der Waals surface area contributed by atoms with Crippen molar-refractivity contribution in [2.24, 2.45) is 0 Å². The summed E-state index contributed by atoms with van der Waals surface area (Å²) >= 11 is 0. The van der Waals surface area contributed by atoms with Gasteiger partial charge in [0, 0.05) is 29.5 Å². The van der Waals surface area contributed by atoms with Gasteiger partial charge >= 0.3 is 0 Å². The lowest BCUT2D eigenvalue weighted by atomic mass is 10.1. The highest BCUT2D eigenvalue weighted by Crippen LogP contribution is 2.19. The summed E-state index contributed by atoms with van der Waals surface area (Å²) < 4.78 is 52.2. The molecule has 0 saturated carbocycles. The number of aryl methyl sites for hydroxylation is 2. The molecule has 1 aliphatic rings. The summed E-state index contributed by atoms with van der Waals surface area (Å²) in [5.74, 6) is 0.0701. The van der Waals surface area contributed by atoms with Gasteiger partial charge in [-0.05, 0) is 56.5 Å². The maximum Gasteiger partial charge on any atom is 0.252 e. The summed E-state index contributed by atoms with van der Waals surface area (Å²) in [6, 6.07) is 5.11. The molecule has 2 aromatic heterocycles. The Kier molecular flexibility index (Phi) is 6.20. The number of hydrogen-bond donors (Lipinski definition) is 2. The van der Waals surface area contributed by atoms with Gasteiger partial charge in [0.25, 0.3) is 5.78 Å². The van der Waals surface area contributed by atoms with Crippen molar-refractivity contribution < 1.29 is 21.6 Å². The number of carbonyl (C=O) groups is 1. The van der Waals surface area contributed by atoms with Gasteiger partial charge < -0.3 is 5.32 Å². The average Bonchev–Trinajstić information content (AvgIpc) is 3.33. The van der Waals surface area contributed by atoms with E-state index in [4.69, 9.17) is 0 Å². The van der Waals surface area contributed by atoms with Gasteiger partial charge in [-0.25, -0.2) is 31.1 Å². The molecule has 1 unspecified atom stereocenters. The van der Waals surface area contributed by atoms with Crippen LogP contribution in [0.3, 0.4) is 0 Å². The summed E-state index contributed by atoms with van der Waals surface area (Å²) in [5, 5.41) is 6.90. The summed E-state index contributed by atoms with van der Waals surface area (Å²) in [4.78, 5) is 20.9. The predicted octanol–water partition coefficient (Wildman–Crippen LogP) is 0.778. The number of anilines is 1. The molecule has 1 aliphatic heterocycles. The average molecular weight is 493 g/mol. The van der Waals surface area contributed by atoms with E-state index < -0.39 is 25.9 Å². The van der Waals surface area contributed by atoms with Gasteiger partial charge in [-0.2, -0.15) is 10.1 Å². The lowest BCUT2D eigenvalue weighted by Crippen LogP contribution is -2.35. The molecular formula is C20H24N6O5S2. The molecule has 4 rings (SSSR count). The van der Waals surface area contributed by atoms with E-state index in [9.17, 15) is 21.6 Å². The van der Waals surface area contributed by atoms with Crippen LogP contribution in [0.5, 0.6) is 0 Å². The number of nitrogens with zero attached hydrogens (tertiary/aromatic N) is 4. The Morgan fingerprint density at radius 2 is 1.94 bits per heavy atom. The molecule has 176 valence electrons. The molecular weight excluding hydrogens is 468 g/mol. The van der Waals surface area contributed by atoms with Crippen LogP contribution in [0.4, 0.5) is 5.69 Å². The van der Waals surface area contributed by atoms with Crippen LogP contribution in [0.15, 0.2) is 35.5 Å². The third-order valence-corrected chi connectivity index (χ3v) is 8.90. The first kappa shape index (κ1) is 23.3. The number of aromatic nitrogens is 4. The number of fused-ring (bicyclic) bond motifs is 1. The minimum absolute atomic E-state index is 0.00301. The molecule has 1 fully saturated rings. The SMILES string of the molecule is Cc1nc2ncnn2c(C)c1CCC(=O)Nc1ccc(S(=O)(=O)NC2CCS(=O)(=O)C2)cc1. The number of sulfonamides is 1. The number of rotatable bonds is 7. The molecule has 13 heteroatoms. The highest BCUT2D eigenvalue weighted by molar-refractivity contribution is 7.92. The maximum absolute atomic E-state index is 12.5. The van der Waals surface area contributed by atoms with Crippen LogP contribution in [0.1, 0.15) is 29.8 Å².